The Morgan fingerprint density at radius 2 is 1.91 bits per heavy atom. The van der Waals surface area contributed by atoms with Crippen molar-refractivity contribution in [2.24, 2.45) is 0 Å². The number of allylic oxidation sites excluding steroid dienone is 1. The highest BCUT2D eigenvalue weighted by molar-refractivity contribution is 7.70. The summed E-state index contributed by atoms with van der Waals surface area (Å²) in [6.07, 6.45) is 6.27. The molecule has 1 aliphatic carbocycles. The summed E-state index contributed by atoms with van der Waals surface area (Å²) in [5, 5.41) is 1.64. The van der Waals surface area contributed by atoms with Gasteiger partial charge in [-0.2, -0.15) is 0 Å². The molecule has 0 saturated heterocycles. The predicted octanol–water partition coefficient (Wildman–Crippen LogP) is 1.17. The van der Waals surface area contributed by atoms with Crippen LogP contribution >= 0.6 is 0 Å². The molecule has 0 atom stereocenters. The number of rotatable bonds is 5. The molecule has 0 unspecified atom stereocenters. The molecule has 0 spiro atoms. The van der Waals surface area contributed by atoms with Gasteiger partial charge in [-0.15, -0.1) is 0 Å². The second-order valence-electron chi connectivity index (χ2n) is 7.76. The fourth-order valence-electron chi connectivity index (χ4n) is 4.46. The van der Waals surface area contributed by atoms with E-state index < -0.39 is 10.9 Å². The molecule has 1 aromatic carbocycles. The highest BCUT2D eigenvalue weighted by atomic mass is 32.2. The maximum absolute atomic E-state index is 13.5. The quantitative estimate of drug-likeness (QED) is 0.506. The molecule has 0 saturated carbocycles. The van der Waals surface area contributed by atoms with E-state index in [9.17, 15) is 17.6 Å². The molecule has 2 N–H and O–H groups in total. The summed E-state index contributed by atoms with van der Waals surface area (Å²) in [5.41, 5.74) is 4.60. The molecule has 1 aromatic rings. The fourth-order valence-corrected chi connectivity index (χ4v) is 4.76. The van der Waals surface area contributed by atoms with Crippen LogP contribution in [0.5, 0.6) is 0 Å². The first kappa shape index (κ1) is 20.5. The van der Waals surface area contributed by atoms with Crippen LogP contribution in [0.1, 0.15) is 6.42 Å². The van der Waals surface area contributed by atoms with Crippen molar-refractivity contribution in [2.75, 3.05) is 29.9 Å². The summed E-state index contributed by atoms with van der Waals surface area (Å²) >= 11 is 0. The molecular weight excluding hydrogens is 431 g/mol. The first-order chi connectivity index (χ1) is 15.4. The minimum Gasteiger partial charge on any atom is -0.350 e. The Balaban J connectivity index is 1.75. The van der Waals surface area contributed by atoms with Gasteiger partial charge in [-0.3, -0.25) is 4.79 Å². The number of fused-ring (bicyclic) bond motifs is 2. The van der Waals surface area contributed by atoms with Gasteiger partial charge in [0.15, 0.2) is 0 Å². The molecule has 3 heterocycles. The van der Waals surface area contributed by atoms with Gasteiger partial charge < -0.3 is 14.8 Å². The molecule has 0 radical (unpaired) electrons. The predicted molar refractivity (Wildman–Crippen MR) is 125 cm³/mol. The lowest BCUT2D eigenvalue weighted by Crippen LogP contribution is -2.26. The summed E-state index contributed by atoms with van der Waals surface area (Å²) in [7, 11) is -0.783. The number of anilines is 3. The molecule has 164 valence electrons. The van der Waals surface area contributed by atoms with Crippen molar-refractivity contribution >= 4 is 39.6 Å². The van der Waals surface area contributed by atoms with Gasteiger partial charge in [-0.1, -0.05) is 6.07 Å². The van der Waals surface area contributed by atoms with Crippen molar-refractivity contribution in [1.82, 2.24) is 9.71 Å². The van der Waals surface area contributed by atoms with Crippen molar-refractivity contribution in [3.8, 4) is 11.1 Å². The zero-order valence-electron chi connectivity index (χ0n) is 17.3. The summed E-state index contributed by atoms with van der Waals surface area (Å²) in [6.45, 7) is 0.807. The molecule has 7 nitrogen and oxygen atoms in total. The molecule has 0 fully saturated rings. The van der Waals surface area contributed by atoms with Gasteiger partial charge in [0.2, 0.25) is 10.9 Å². The topological polar surface area (TPSA) is 85.5 Å². The zero-order valence-corrected chi connectivity index (χ0v) is 18.2. The number of nitrogens with one attached hydrogen (secondary N) is 2. The SMILES string of the molecule is CN1C=CC(CCN[SH](=O)=O)=c2ccc3c4c([nH]c(=O)c-4c21)=CCN3c1ccc(F)cc1. The summed E-state index contributed by atoms with van der Waals surface area (Å²) in [5.74, 6) is -0.307. The van der Waals surface area contributed by atoms with Crippen LogP contribution in [0.2, 0.25) is 0 Å². The Morgan fingerprint density at radius 1 is 1.12 bits per heavy atom. The van der Waals surface area contributed by atoms with Gasteiger partial charge in [0.25, 0.3) is 5.56 Å². The second-order valence-corrected chi connectivity index (χ2v) is 8.59. The largest absolute Gasteiger partial charge is 0.350 e. The van der Waals surface area contributed by atoms with E-state index in [-0.39, 0.29) is 17.9 Å². The summed E-state index contributed by atoms with van der Waals surface area (Å²) in [4.78, 5) is 20.0. The summed E-state index contributed by atoms with van der Waals surface area (Å²) in [6, 6.07) is 10.2. The number of benzene rings is 1. The van der Waals surface area contributed by atoms with Crippen LogP contribution in [0.4, 0.5) is 21.5 Å². The van der Waals surface area contributed by atoms with Crippen molar-refractivity contribution in [3.05, 3.63) is 75.4 Å². The van der Waals surface area contributed by atoms with Gasteiger partial charge in [0, 0.05) is 48.2 Å². The van der Waals surface area contributed by atoms with E-state index >= 15 is 0 Å². The molecular formula is C23H21FN4O3S. The fraction of sp³-hybridized carbons (Fsp3) is 0.174. The number of aromatic amines is 1. The monoisotopic (exact) mass is 452 g/mol. The maximum Gasteiger partial charge on any atom is 0.258 e. The molecule has 5 rings (SSSR count). The van der Waals surface area contributed by atoms with E-state index in [1.54, 1.807) is 12.1 Å². The number of hydrogen-bond donors (Lipinski definition) is 3. The summed E-state index contributed by atoms with van der Waals surface area (Å²) < 4.78 is 37.7. The number of thiol groups is 1. The molecule has 3 aliphatic heterocycles. The second kappa shape index (κ2) is 7.92. The van der Waals surface area contributed by atoms with Gasteiger partial charge in [0.1, 0.15) is 5.82 Å². The Hall–Kier alpha value is -3.43. The number of aromatic nitrogens is 1. The Morgan fingerprint density at radius 3 is 2.66 bits per heavy atom. The average molecular weight is 453 g/mol. The van der Waals surface area contributed by atoms with Crippen LogP contribution in [-0.4, -0.2) is 33.5 Å². The number of nitrogens with zero attached hydrogens (tertiary/aromatic N) is 2. The van der Waals surface area contributed by atoms with E-state index in [1.165, 1.54) is 12.1 Å². The smallest absolute Gasteiger partial charge is 0.258 e. The minimum atomic E-state index is -2.67. The van der Waals surface area contributed by atoms with Crippen LogP contribution in [0.3, 0.4) is 0 Å². The van der Waals surface area contributed by atoms with Crippen LogP contribution in [-0.2, 0) is 10.9 Å². The van der Waals surface area contributed by atoms with Gasteiger partial charge in [-0.05, 0) is 54.5 Å². The van der Waals surface area contributed by atoms with Crippen molar-refractivity contribution in [3.63, 3.8) is 0 Å². The number of halogens is 1. The Labute approximate surface area is 185 Å². The highest BCUT2D eigenvalue weighted by Crippen LogP contribution is 2.37. The molecule has 9 heteroatoms. The van der Waals surface area contributed by atoms with Gasteiger partial charge in [-0.25, -0.2) is 17.5 Å². The molecule has 0 amide bonds. The molecule has 32 heavy (non-hydrogen) atoms. The van der Waals surface area contributed by atoms with E-state index in [1.807, 2.05) is 47.3 Å². The van der Waals surface area contributed by atoms with Crippen molar-refractivity contribution in [2.45, 2.75) is 6.42 Å². The van der Waals surface area contributed by atoms with Crippen molar-refractivity contribution in [1.29, 1.82) is 0 Å². The first-order valence-electron chi connectivity index (χ1n) is 10.2. The zero-order chi connectivity index (χ0) is 22.4. The number of hydrogen-bond acceptors (Lipinski definition) is 5. The van der Waals surface area contributed by atoms with E-state index in [4.69, 9.17) is 0 Å². The van der Waals surface area contributed by atoms with E-state index in [2.05, 4.69) is 9.71 Å². The lowest BCUT2D eigenvalue weighted by atomic mass is 10.0. The van der Waals surface area contributed by atoms with Crippen LogP contribution in [0.25, 0.3) is 22.8 Å². The van der Waals surface area contributed by atoms with E-state index in [0.29, 0.717) is 18.5 Å². The molecule has 4 aliphatic rings. The Kier molecular flexibility index (Phi) is 5.07. The lowest BCUT2D eigenvalue weighted by molar-refractivity contribution is 0.602. The highest BCUT2D eigenvalue weighted by Gasteiger charge is 2.27. The minimum absolute atomic E-state index is 0.178. The van der Waals surface area contributed by atoms with Crippen LogP contribution in [0, 0.1) is 5.82 Å². The van der Waals surface area contributed by atoms with Gasteiger partial charge >= 0.3 is 0 Å². The Bertz CT molecular complexity index is 1470. The standard InChI is InChI=1S/C23H21FN4O3S/c1-27-12-9-14(8-11-25-32(30)31)17-6-7-19-20-18(26-23(29)21(20)22(17)27)10-13-28(19)16-4-2-15(24)3-5-16/h2-7,9-10,12,32H,8,11,13H2,1H3,(H,26,29)(H,25,30,31). The normalized spacial score (nSPS) is 14.8. The van der Waals surface area contributed by atoms with Crippen LogP contribution in [0.15, 0.2) is 53.5 Å². The maximum atomic E-state index is 13.5. The molecule has 0 bridgehead atoms. The average Bonchev–Trinajstić information content (AvgIpc) is 2.97. The first-order valence-corrected chi connectivity index (χ1v) is 11.4. The van der Waals surface area contributed by atoms with E-state index in [0.717, 1.165) is 38.8 Å². The number of H-pyrrole nitrogens is 1. The van der Waals surface area contributed by atoms with Gasteiger partial charge in [0.05, 0.1) is 16.9 Å². The third-order valence-electron chi connectivity index (χ3n) is 5.89. The third kappa shape index (κ3) is 3.39. The lowest BCUT2D eigenvalue weighted by Gasteiger charge is -2.27. The van der Waals surface area contributed by atoms with Crippen LogP contribution < -0.4 is 30.6 Å². The molecule has 0 aromatic heterocycles. The van der Waals surface area contributed by atoms with Crippen molar-refractivity contribution < 1.29 is 12.8 Å². The third-order valence-corrected chi connectivity index (χ3v) is 6.37.